The first-order valence-electron chi connectivity index (χ1n) is 9.81. The summed E-state index contributed by atoms with van der Waals surface area (Å²) >= 11 is 2.64. The van der Waals surface area contributed by atoms with Crippen LogP contribution < -0.4 is 15.8 Å². The van der Waals surface area contributed by atoms with Gasteiger partial charge >= 0.3 is 0 Å². The van der Waals surface area contributed by atoms with E-state index in [1.165, 1.54) is 23.3 Å². The van der Waals surface area contributed by atoms with Crippen LogP contribution in [-0.2, 0) is 12.8 Å². The third-order valence-corrected chi connectivity index (χ3v) is 6.84. The fourth-order valence-electron chi connectivity index (χ4n) is 3.68. The summed E-state index contributed by atoms with van der Waals surface area (Å²) in [5.74, 6) is 0.533. The first-order chi connectivity index (χ1) is 14.7. The molecule has 2 aliphatic rings. The summed E-state index contributed by atoms with van der Waals surface area (Å²) in [5.41, 5.74) is 3.79. The van der Waals surface area contributed by atoms with E-state index in [9.17, 15) is 4.79 Å². The predicted octanol–water partition coefficient (Wildman–Crippen LogP) is 2.45. The molecular formula is C20H21N7OS2. The Morgan fingerprint density at radius 2 is 2.10 bits per heavy atom. The summed E-state index contributed by atoms with van der Waals surface area (Å²) in [4.78, 5) is 30.6. The average molecular weight is 440 g/mol. The molecule has 0 atom stereocenters. The molecule has 0 saturated carbocycles. The molecule has 30 heavy (non-hydrogen) atoms. The van der Waals surface area contributed by atoms with E-state index in [1.54, 1.807) is 0 Å². The Balaban J connectivity index is 1.43. The summed E-state index contributed by atoms with van der Waals surface area (Å²) < 4.78 is 0. The van der Waals surface area contributed by atoms with Crippen molar-refractivity contribution < 1.29 is 4.79 Å². The lowest BCUT2D eigenvalue weighted by atomic mass is 10.00. The number of hydrogen-bond acceptors (Lipinski definition) is 9. The zero-order valence-corrected chi connectivity index (χ0v) is 17.9. The van der Waals surface area contributed by atoms with Gasteiger partial charge < -0.3 is 15.5 Å². The Labute approximate surface area is 182 Å². The fraction of sp³-hybridized carbons (Fsp3) is 0.300. The van der Waals surface area contributed by atoms with Crippen LogP contribution in [0.3, 0.4) is 0 Å². The number of nitrogens with zero attached hydrogens (tertiary/aromatic N) is 4. The predicted molar refractivity (Wildman–Crippen MR) is 119 cm³/mol. The molecule has 0 unspecified atom stereocenters. The average Bonchev–Trinajstić information content (AvgIpc) is 3.24. The molecule has 3 aromatic rings. The largest absolute Gasteiger partial charge is 0.334 e. The number of carbonyl (C=O) groups excluding carboxylic acids is 1. The van der Waals surface area contributed by atoms with Crippen LogP contribution in [0, 0.1) is 0 Å². The Hall–Kier alpha value is -2.53. The number of aryl methyl sites for hydroxylation is 2. The van der Waals surface area contributed by atoms with Crippen LogP contribution >= 0.6 is 23.3 Å². The Bertz CT molecular complexity index is 1090. The number of fused-ring (bicyclic) bond motifs is 3. The second kappa shape index (κ2) is 8.31. The van der Waals surface area contributed by atoms with Crippen LogP contribution in [-0.4, -0.2) is 51.9 Å². The highest BCUT2D eigenvalue weighted by molar-refractivity contribution is 7.97. The van der Waals surface area contributed by atoms with E-state index in [4.69, 9.17) is 10.1 Å². The third kappa shape index (κ3) is 3.79. The molecule has 1 amide bonds. The standard InChI is InChI=1S/C20H21N7OS2/c21-30-14-3-1-2-13(10-14)24-20-23-11-12-4-5-15-17(16(12)26-20)29-18(25-15)19(28)27-8-6-22-7-9-27/h1-3,10-11,22H,4-9,21H2,(H,23,24,26). The highest BCUT2D eigenvalue weighted by atomic mass is 32.2. The van der Waals surface area contributed by atoms with E-state index in [0.717, 1.165) is 71.4 Å². The molecule has 1 aliphatic heterocycles. The molecule has 1 saturated heterocycles. The molecule has 1 aliphatic carbocycles. The molecule has 10 heteroatoms. The van der Waals surface area contributed by atoms with Crippen LogP contribution in [0.1, 0.15) is 21.1 Å². The molecule has 3 heterocycles. The van der Waals surface area contributed by atoms with Crippen molar-refractivity contribution in [3.05, 3.63) is 46.7 Å². The van der Waals surface area contributed by atoms with Gasteiger partial charge in [-0.25, -0.2) is 15.0 Å². The van der Waals surface area contributed by atoms with Gasteiger partial charge in [0.15, 0.2) is 5.01 Å². The molecule has 5 rings (SSSR count). The van der Waals surface area contributed by atoms with Gasteiger partial charge in [0.1, 0.15) is 0 Å². The number of hydrogen-bond donors (Lipinski definition) is 3. The van der Waals surface area contributed by atoms with Gasteiger partial charge in [0.2, 0.25) is 5.95 Å². The number of carbonyl (C=O) groups is 1. The number of aromatic nitrogens is 3. The summed E-state index contributed by atoms with van der Waals surface area (Å²) in [5, 5.41) is 12.7. The Morgan fingerprint density at radius 1 is 1.23 bits per heavy atom. The van der Waals surface area contributed by atoms with Crippen LogP contribution in [0.2, 0.25) is 0 Å². The normalized spacial score (nSPS) is 15.4. The summed E-state index contributed by atoms with van der Waals surface area (Å²) in [7, 11) is 0. The molecule has 0 radical (unpaired) electrons. The van der Waals surface area contributed by atoms with Crippen molar-refractivity contribution in [1.82, 2.24) is 25.2 Å². The Morgan fingerprint density at radius 3 is 2.93 bits per heavy atom. The molecular weight excluding hydrogens is 418 g/mol. The molecule has 8 nitrogen and oxygen atoms in total. The van der Waals surface area contributed by atoms with Crippen LogP contribution in [0.4, 0.5) is 11.6 Å². The maximum Gasteiger partial charge on any atom is 0.282 e. The summed E-state index contributed by atoms with van der Waals surface area (Å²) in [6.07, 6.45) is 3.50. The molecule has 0 bridgehead atoms. The monoisotopic (exact) mass is 439 g/mol. The van der Waals surface area contributed by atoms with Gasteiger partial charge in [-0.05, 0) is 48.6 Å². The lowest BCUT2D eigenvalue weighted by molar-refractivity contribution is 0.0735. The summed E-state index contributed by atoms with van der Waals surface area (Å²) in [6, 6.07) is 7.79. The molecule has 2 aromatic heterocycles. The van der Waals surface area contributed by atoms with Gasteiger partial charge in [0.05, 0.1) is 16.3 Å². The summed E-state index contributed by atoms with van der Waals surface area (Å²) in [6.45, 7) is 3.09. The van der Waals surface area contributed by atoms with Crippen molar-refractivity contribution in [3.63, 3.8) is 0 Å². The smallest absolute Gasteiger partial charge is 0.282 e. The van der Waals surface area contributed by atoms with Crippen molar-refractivity contribution in [2.45, 2.75) is 17.7 Å². The number of nitrogens with two attached hydrogens (primary N) is 1. The SMILES string of the molecule is NSc1cccc(Nc2ncc3c(n2)-c2sc(C(=O)N4CCNCC4)nc2CC3)c1. The van der Waals surface area contributed by atoms with Crippen molar-refractivity contribution in [3.8, 4) is 10.6 Å². The van der Waals surface area contributed by atoms with E-state index < -0.39 is 0 Å². The number of amides is 1. The number of piperazine rings is 1. The van der Waals surface area contributed by atoms with Crippen LogP contribution in [0.15, 0.2) is 35.4 Å². The number of benzene rings is 1. The lowest BCUT2D eigenvalue weighted by Gasteiger charge is -2.26. The van der Waals surface area contributed by atoms with Crippen LogP contribution in [0.25, 0.3) is 10.6 Å². The minimum Gasteiger partial charge on any atom is -0.334 e. The highest BCUT2D eigenvalue weighted by Crippen LogP contribution is 2.37. The van der Waals surface area contributed by atoms with E-state index >= 15 is 0 Å². The Kier molecular flexibility index (Phi) is 5.38. The van der Waals surface area contributed by atoms with Gasteiger partial charge in [-0.3, -0.25) is 9.93 Å². The lowest BCUT2D eigenvalue weighted by Crippen LogP contribution is -2.46. The maximum atomic E-state index is 12.9. The quantitative estimate of drug-likeness (QED) is 0.532. The maximum absolute atomic E-state index is 12.9. The number of nitrogens with one attached hydrogen (secondary N) is 2. The van der Waals surface area contributed by atoms with Crippen molar-refractivity contribution in [1.29, 1.82) is 0 Å². The zero-order chi connectivity index (χ0) is 20.5. The van der Waals surface area contributed by atoms with Gasteiger partial charge in [-0.1, -0.05) is 6.07 Å². The molecule has 0 spiro atoms. The minimum atomic E-state index is 0.0148. The third-order valence-electron chi connectivity index (χ3n) is 5.22. The molecule has 1 fully saturated rings. The number of anilines is 2. The topological polar surface area (TPSA) is 109 Å². The zero-order valence-electron chi connectivity index (χ0n) is 16.2. The van der Waals surface area contributed by atoms with Gasteiger partial charge in [-0.2, -0.15) is 0 Å². The first-order valence-corrected chi connectivity index (χ1v) is 11.5. The van der Waals surface area contributed by atoms with Crippen molar-refractivity contribution in [2.24, 2.45) is 5.14 Å². The van der Waals surface area contributed by atoms with E-state index in [2.05, 4.69) is 20.6 Å². The van der Waals surface area contributed by atoms with Crippen molar-refractivity contribution in [2.75, 3.05) is 31.5 Å². The van der Waals surface area contributed by atoms with E-state index in [1.807, 2.05) is 35.4 Å². The second-order valence-corrected chi connectivity index (χ2v) is 8.88. The first kappa shape index (κ1) is 19.4. The second-order valence-electron chi connectivity index (χ2n) is 7.18. The molecule has 4 N–H and O–H groups in total. The highest BCUT2D eigenvalue weighted by Gasteiger charge is 2.27. The number of rotatable bonds is 4. The van der Waals surface area contributed by atoms with E-state index in [0.29, 0.717) is 11.0 Å². The molecule has 154 valence electrons. The van der Waals surface area contributed by atoms with Gasteiger partial charge in [-0.15, -0.1) is 11.3 Å². The van der Waals surface area contributed by atoms with Gasteiger partial charge in [0, 0.05) is 43.0 Å². The van der Waals surface area contributed by atoms with E-state index in [-0.39, 0.29) is 5.91 Å². The fourth-order valence-corrected chi connectivity index (χ4v) is 5.13. The molecule has 1 aromatic carbocycles. The minimum absolute atomic E-state index is 0.0148. The van der Waals surface area contributed by atoms with Gasteiger partial charge in [0.25, 0.3) is 5.91 Å². The number of thiazole rings is 1. The van der Waals surface area contributed by atoms with Crippen molar-refractivity contribution >= 4 is 40.8 Å². The van der Waals surface area contributed by atoms with Crippen LogP contribution in [0.5, 0.6) is 0 Å².